The Labute approximate surface area is 164 Å². The van der Waals surface area contributed by atoms with Crippen LogP contribution in [0.3, 0.4) is 0 Å². The van der Waals surface area contributed by atoms with Gasteiger partial charge in [0.1, 0.15) is 5.82 Å². The highest BCUT2D eigenvalue weighted by atomic mass is 32.2. The van der Waals surface area contributed by atoms with E-state index in [0.717, 1.165) is 17.8 Å². The third-order valence-electron chi connectivity index (χ3n) is 4.39. The lowest BCUT2D eigenvalue weighted by atomic mass is 10.1. The minimum Gasteiger partial charge on any atom is -0.299 e. The van der Waals surface area contributed by atoms with Crippen LogP contribution in [0.15, 0.2) is 71.9 Å². The molecule has 0 atom stereocenters. The lowest BCUT2D eigenvalue weighted by Crippen LogP contribution is -2.05. The maximum Gasteiger partial charge on any atom is 0.434 e. The van der Waals surface area contributed by atoms with E-state index in [1.54, 1.807) is 12.1 Å². The Kier molecular flexibility index (Phi) is 4.42. The SMILES string of the molecule is CS(=O)(=O)c1ccc(-n2cc(C(F)(F)F)nc2-c2cnc3ccccc3c2)cc1. The highest BCUT2D eigenvalue weighted by Crippen LogP contribution is 2.33. The van der Waals surface area contributed by atoms with Gasteiger partial charge in [-0.1, -0.05) is 18.2 Å². The summed E-state index contributed by atoms with van der Waals surface area (Å²) in [5, 5.41) is 0.764. The smallest absolute Gasteiger partial charge is 0.299 e. The Morgan fingerprint density at radius 2 is 1.69 bits per heavy atom. The number of halogens is 3. The minimum absolute atomic E-state index is 0.0580. The molecule has 0 amide bonds. The fraction of sp³-hybridized carbons (Fsp3) is 0.100. The number of nitrogens with zero attached hydrogens (tertiary/aromatic N) is 3. The van der Waals surface area contributed by atoms with Crippen LogP contribution in [-0.4, -0.2) is 29.2 Å². The largest absolute Gasteiger partial charge is 0.434 e. The van der Waals surface area contributed by atoms with E-state index >= 15 is 0 Å². The molecular formula is C20H14F3N3O2S. The van der Waals surface area contributed by atoms with Gasteiger partial charge in [0.05, 0.1) is 10.4 Å². The average Bonchev–Trinajstić information content (AvgIpc) is 3.13. The molecular weight excluding hydrogens is 403 g/mol. The van der Waals surface area contributed by atoms with Crippen LogP contribution < -0.4 is 0 Å². The Bertz CT molecular complexity index is 1310. The van der Waals surface area contributed by atoms with E-state index in [0.29, 0.717) is 16.8 Å². The zero-order valence-corrected chi connectivity index (χ0v) is 15.9. The van der Waals surface area contributed by atoms with Gasteiger partial charge in [0.15, 0.2) is 15.5 Å². The van der Waals surface area contributed by atoms with Crippen LogP contribution in [0.1, 0.15) is 5.69 Å². The summed E-state index contributed by atoms with van der Waals surface area (Å²) in [5.74, 6) is 0.0580. The molecule has 9 heteroatoms. The molecule has 0 bridgehead atoms. The summed E-state index contributed by atoms with van der Waals surface area (Å²) in [5.41, 5.74) is 0.422. The second-order valence-electron chi connectivity index (χ2n) is 6.50. The molecule has 2 heterocycles. The lowest BCUT2D eigenvalue weighted by molar-refractivity contribution is -0.140. The molecule has 0 unspecified atom stereocenters. The summed E-state index contributed by atoms with van der Waals surface area (Å²) >= 11 is 0. The summed E-state index contributed by atoms with van der Waals surface area (Å²) in [6, 6.07) is 14.5. The Morgan fingerprint density at radius 1 is 1.00 bits per heavy atom. The fourth-order valence-corrected chi connectivity index (χ4v) is 3.60. The number of alkyl halides is 3. The van der Waals surface area contributed by atoms with Crippen LogP contribution in [0.4, 0.5) is 13.2 Å². The highest BCUT2D eigenvalue weighted by Gasteiger charge is 2.35. The van der Waals surface area contributed by atoms with E-state index in [9.17, 15) is 21.6 Å². The van der Waals surface area contributed by atoms with Crippen molar-refractivity contribution in [1.82, 2.24) is 14.5 Å². The van der Waals surface area contributed by atoms with Crippen LogP contribution in [0.25, 0.3) is 28.0 Å². The zero-order chi connectivity index (χ0) is 20.8. The average molecular weight is 417 g/mol. The number of rotatable bonds is 3. The maximum absolute atomic E-state index is 13.3. The maximum atomic E-state index is 13.3. The summed E-state index contributed by atoms with van der Waals surface area (Å²) in [6.45, 7) is 0. The summed E-state index contributed by atoms with van der Waals surface area (Å²) < 4.78 is 64.5. The molecule has 0 aliphatic heterocycles. The number of imidazole rings is 1. The molecule has 5 nitrogen and oxygen atoms in total. The molecule has 0 spiro atoms. The standard InChI is InChI=1S/C20H14F3N3O2S/c1-29(27,28)16-8-6-15(7-9-16)26-12-18(20(21,22)23)25-19(26)14-10-13-4-2-3-5-17(13)24-11-14/h2-12H,1H3. The van der Waals surface area contributed by atoms with E-state index in [1.165, 1.54) is 35.0 Å². The van der Waals surface area contributed by atoms with Gasteiger partial charge in [-0.15, -0.1) is 0 Å². The van der Waals surface area contributed by atoms with Gasteiger partial charge in [-0.05, 0) is 36.4 Å². The second kappa shape index (κ2) is 6.70. The number of aromatic nitrogens is 3. The third kappa shape index (κ3) is 3.73. The molecule has 148 valence electrons. The topological polar surface area (TPSA) is 64.8 Å². The van der Waals surface area contributed by atoms with E-state index in [1.807, 2.05) is 18.2 Å². The number of para-hydroxylation sites is 1. The number of hydrogen-bond acceptors (Lipinski definition) is 4. The molecule has 2 aromatic carbocycles. The molecule has 0 N–H and O–H groups in total. The van der Waals surface area contributed by atoms with Crippen molar-refractivity contribution in [2.24, 2.45) is 0 Å². The number of pyridine rings is 1. The van der Waals surface area contributed by atoms with Crippen LogP contribution in [0.5, 0.6) is 0 Å². The monoisotopic (exact) mass is 417 g/mol. The first-order valence-corrected chi connectivity index (χ1v) is 10.3. The normalized spacial score (nSPS) is 12.4. The number of fused-ring (bicyclic) bond motifs is 1. The van der Waals surface area contributed by atoms with Crippen molar-refractivity contribution in [2.45, 2.75) is 11.1 Å². The van der Waals surface area contributed by atoms with Gasteiger partial charge < -0.3 is 0 Å². The molecule has 0 radical (unpaired) electrons. The van der Waals surface area contributed by atoms with Gasteiger partial charge in [-0.25, -0.2) is 13.4 Å². The van der Waals surface area contributed by atoms with Gasteiger partial charge in [-0.2, -0.15) is 13.2 Å². The van der Waals surface area contributed by atoms with Crippen molar-refractivity contribution in [3.8, 4) is 17.1 Å². The van der Waals surface area contributed by atoms with Gasteiger partial charge >= 0.3 is 6.18 Å². The minimum atomic E-state index is -4.63. The molecule has 0 aliphatic carbocycles. The molecule has 0 saturated carbocycles. The highest BCUT2D eigenvalue weighted by molar-refractivity contribution is 7.90. The number of benzene rings is 2. The Hall–Kier alpha value is -3.20. The van der Waals surface area contributed by atoms with E-state index in [4.69, 9.17) is 0 Å². The molecule has 0 aliphatic rings. The van der Waals surface area contributed by atoms with Crippen LogP contribution in [0, 0.1) is 0 Å². The quantitative estimate of drug-likeness (QED) is 0.492. The predicted molar refractivity (Wildman–Crippen MR) is 102 cm³/mol. The van der Waals surface area contributed by atoms with E-state index in [-0.39, 0.29) is 10.7 Å². The third-order valence-corrected chi connectivity index (χ3v) is 5.52. The zero-order valence-electron chi connectivity index (χ0n) is 15.1. The summed E-state index contributed by atoms with van der Waals surface area (Å²) in [7, 11) is -3.42. The Morgan fingerprint density at radius 3 is 2.34 bits per heavy atom. The van der Waals surface area contributed by atoms with Crippen LogP contribution in [-0.2, 0) is 16.0 Å². The van der Waals surface area contributed by atoms with Crippen molar-refractivity contribution in [3.63, 3.8) is 0 Å². The molecule has 4 aromatic rings. The lowest BCUT2D eigenvalue weighted by Gasteiger charge is -2.09. The summed E-state index contributed by atoms with van der Waals surface area (Å²) in [4.78, 5) is 8.16. The second-order valence-corrected chi connectivity index (χ2v) is 8.52. The van der Waals surface area contributed by atoms with Crippen molar-refractivity contribution >= 4 is 20.7 Å². The fourth-order valence-electron chi connectivity index (χ4n) is 2.96. The van der Waals surface area contributed by atoms with Crippen molar-refractivity contribution in [1.29, 1.82) is 0 Å². The van der Waals surface area contributed by atoms with Crippen LogP contribution >= 0.6 is 0 Å². The van der Waals surface area contributed by atoms with Gasteiger partial charge in [-0.3, -0.25) is 9.55 Å². The van der Waals surface area contributed by atoms with Crippen molar-refractivity contribution < 1.29 is 21.6 Å². The van der Waals surface area contributed by atoms with Crippen molar-refractivity contribution in [2.75, 3.05) is 6.26 Å². The number of hydrogen-bond donors (Lipinski definition) is 0. The van der Waals surface area contributed by atoms with Crippen molar-refractivity contribution in [3.05, 3.63) is 72.7 Å². The molecule has 29 heavy (non-hydrogen) atoms. The molecule has 0 fully saturated rings. The van der Waals surface area contributed by atoms with E-state index < -0.39 is 21.7 Å². The molecule has 0 saturated heterocycles. The van der Waals surface area contributed by atoms with Gasteiger partial charge in [0.2, 0.25) is 0 Å². The first-order valence-electron chi connectivity index (χ1n) is 8.45. The first-order chi connectivity index (χ1) is 13.6. The molecule has 2 aromatic heterocycles. The predicted octanol–water partition coefficient (Wildman–Crippen LogP) is 4.51. The van der Waals surface area contributed by atoms with Crippen LogP contribution in [0.2, 0.25) is 0 Å². The first kappa shape index (κ1) is 19.1. The summed E-state index contributed by atoms with van der Waals surface area (Å²) in [6.07, 6.45) is -1.21. The molecule has 4 rings (SSSR count). The number of sulfone groups is 1. The Balaban J connectivity index is 1.90. The van der Waals surface area contributed by atoms with Gasteiger partial charge in [0.25, 0.3) is 0 Å². The van der Waals surface area contributed by atoms with Gasteiger partial charge in [0, 0.05) is 35.3 Å². The van der Waals surface area contributed by atoms with E-state index in [2.05, 4.69) is 9.97 Å².